The van der Waals surface area contributed by atoms with Crippen LogP contribution in [-0.2, 0) is 14.8 Å². The number of sulfonamides is 1. The summed E-state index contributed by atoms with van der Waals surface area (Å²) in [6.45, 7) is 1.66. The van der Waals surface area contributed by atoms with E-state index >= 15 is 0 Å². The molecule has 8 nitrogen and oxygen atoms in total. The van der Waals surface area contributed by atoms with Crippen LogP contribution < -0.4 is 10.0 Å². The molecule has 2 aromatic heterocycles. The predicted molar refractivity (Wildman–Crippen MR) is 94.9 cm³/mol. The lowest BCUT2D eigenvalue weighted by Gasteiger charge is -2.06. The van der Waals surface area contributed by atoms with Gasteiger partial charge in [-0.3, -0.25) is 9.52 Å². The molecule has 0 spiro atoms. The van der Waals surface area contributed by atoms with E-state index < -0.39 is 10.0 Å². The van der Waals surface area contributed by atoms with Gasteiger partial charge in [0.2, 0.25) is 5.91 Å². The molecule has 2 heterocycles. The number of amides is 1. The Labute approximate surface area is 149 Å². The third kappa shape index (κ3) is 4.39. The molecule has 1 amide bonds. The van der Waals surface area contributed by atoms with Crippen LogP contribution in [-0.4, -0.2) is 19.5 Å². The second kappa shape index (κ2) is 7.28. The molecule has 0 saturated heterocycles. The molecule has 2 N–H and O–H groups in total. The molecule has 0 fully saturated rings. The fourth-order valence-electron chi connectivity index (χ4n) is 2.06. The van der Waals surface area contributed by atoms with Gasteiger partial charge in [0.1, 0.15) is 11.5 Å². The summed E-state index contributed by atoms with van der Waals surface area (Å²) in [7, 11) is -3.80. The summed E-state index contributed by atoms with van der Waals surface area (Å²) in [5, 5.41) is 6.21. The molecule has 0 bridgehead atoms. The van der Waals surface area contributed by atoms with Gasteiger partial charge in [0.15, 0.2) is 5.82 Å². The van der Waals surface area contributed by atoms with E-state index in [1.165, 1.54) is 48.7 Å². The number of carbonyl (C=O) groups is 1. The molecule has 0 aliphatic carbocycles. The Morgan fingerprint density at radius 2 is 1.96 bits per heavy atom. The molecule has 3 aromatic rings. The summed E-state index contributed by atoms with van der Waals surface area (Å²) >= 11 is 0. The first kappa shape index (κ1) is 17.5. The number of rotatable bonds is 6. The molecule has 0 aliphatic heterocycles. The Balaban J connectivity index is 1.65. The molecule has 1 aromatic carbocycles. The maximum absolute atomic E-state index is 12.3. The minimum Gasteiger partial charge on any atom is -0.465 e. The number of furan rings is 1. The first-order valence-corrected chi connectivity index (χ1v) is 8.99. The van der Waals surface area contributed by atoms with E-state index in [0.717, 1.165) is 0 Å². The van der Waals surface area contributed by atoms with Crippen LogP contribution in [0.4, 0.5) is 11.5 Å². The third-order valence-electron chi connectivity index (χ3n) is 3.24. The molecule has 0 radical (unpaired) electrons. The van der Waals surface area contributed by atoms with Crippen LogP contribution in [0.2, 0.25) is 0 Å². The Morgan fingerprint density at radius 1 is 1.19 bits per heavy atom. The largest absolute Gasteiger partial charge is 0.465 e. The van der Waals surface area contributed by atoms with Gasteiger partial charge in [0.25, 0.3) is 10.0 Å². The molecule has 3 rings (SSSR count). The van der Waals surface area contributed by atoms with Crippen LogP contribution in [0.15, 0.2) is 68.6 Å². The Hall–Kier alpha value is -3.33. The summed E-state index contributed by atoms with van der Waals surface area (Å²) in [4.78, 5) is 11.9. The van der Waals surface area contributed by atoms with Crippen molar-refractivity contribution in [2.24, 2.45) is 0 Å². The quantitative estimate of drug-likeness (QED) is 0.642. The first-order valence-electron chi connectivity index (χ1n) is 7.51. The third-order valence-corrected chi connectivity index (χ3v) is 4.61. The highest BCUT2D eigenvalue weighted by Gasteiger charge is 2.16. The highest BCUT2D eigenvalue weighted by Crippen LogP contribution is 2.18. The van der Waals surface area contributed by atoms with Crippen LogP contribution >= 0.6 is 0 Å². The van der Waals surface area contributed by atoms with Gasteiger partial charge in [0.05, 0.1) is 11.2 Å². The summed E-state index contributed by atoms with van der Waals surface area (Å²) in [5.74, 6) is 0.773. The van der Waals surface area contributed by atoms with E-state index in [9.17, 15) is 13.2 Å². The van der Waals surface area contributed by atoms with Gasteiger partial charge in [-0.2, -0.15) is 0 Å². The Kier molecular flexibility index (Phi) is 4.90. The second-order valence-electron chi connectivity index (χ2n) is 5.29. The van der Waals surface area contributed by atoms with Gasteiger partial charge in [-0.1, -0.05) is 5.16 Å². The Bertz CT molecular complexity index is 1020. The van der Waals surface area contributed by atoms with Crippen molar-refractivity contribution in [3.05, 3.63) is 66.3 Å². The summed E-state index contributed by atoms with van der Waals surface area (Å²) < 4.78 is 36.8. The van der Waals surface area contributed by atoms with Crippen molar-refractivity contribution in [3.63, 3.8) is 0 Å². The zero-order chi connectivity index (χ0) is 18.6. The lowest BCUT2D eigenvalue weighted by molar-refractivity contribution is -0.111. The summed E-state index contributed by atoms with van der Waals surface area (Å²) in [5.41, 5.74) is 0.454. The average Bonchev–Trinajstić information content (AvgIpc) is 3.25. The normalized spacial score (nSPS) is 11.6. The van der Waals surface area contributed by atoms with Crippen molar-refractivity contribution >= 4 is 33.5 Å². The predicted octanol–water partition coefficient (Wildman–Crippen LogP) is 3.03. The fourth-order valence-corrected chi connectivity index (χ4v) is 3.04. The minimum atomic E-state index is -3.80. The molecule has 26 heavy (non-hydrogen) atoms. The van der Waals surface area contributed by atoms with Crippen LogP contribution in [0.25, 0.3) is 6.08 Å². The molecule has 0 atom stereocenters. The SMILES string of the molecule is Cc1cc(NS(=O)(=O)c2ccc(NC(=O)/C=C/c3ccco3)cc2)no1. The van der Waals surface area contributed by atoms with Gasteiger partial charge < -0.3 is 14.3 Å². The van der Waals surface area contributed by atoms with Crippen molar-refractivity contribution in [1.82, 2.24) is 5.16 Å². The van der Waals surface area contributed by atoms with Gasteiger partial charge in [0, 0.05) is 17.8 Å². The number of aromatic nitrogens is 1. The Morgan fingerprint density at radius 3 is 2.58 bits per heavy atom. The van der Waals surface area contributed by atoms with E-state index in [1.807, 2.05) is 0 Å². The molecule has 9 heteroatoms. The number of nitrogens with zero attached hydrogens (tertiary/aromatic N) is 1. The van der Waals surface area contributed by atoms with Crippen molar-refractivity contribution < 1.29 is 22.2 Å². The number of carbonyl (C=O) groups excluding carboxylic acids is 1. The summed E-state index contributed by atoms with van der Waals surface area (Å²) in [6, 6.07) is 10.6. The van der Waals surface area contributed by atoms with Crippen molar-refractivity contribution in [2.75, 3.05) is 10.0 Å². The highest BCUT2D eigenvalue weighted by molar-refractivity contribution is 7.92. The van der Waals surface area contributed by atoms with Crippen LogP contribution in [0.1, 0.15) is 11.5 Å². The molecule has 0 unspecified atom stereocenters. The lowest BCUT2D eigenvalue weighted by Crippen LogP contribution is -2.13. The van der Waals surface area contributed by atoms with Crippen LogP contribution in [0, 0.1) is 6.92 Å². The number of nitrogens with one attached hydrogen (secondary N) is 2. The van der Waals surface area contributed by atoms with E-state index in [4.69, 9.17) is 8.94 Å². The zero-order valence-electron chi connectivity index (χ0n) is 13.7. The van der Waals surface area contributed by atoms with E-state index in [0.29, 0.717) is 17.2 Å². The second-order valence-corrected chi connectivity index (χ2v) is 6.97. The minimum absolute atomic E-state index is 0.0299. The number of aryl methyl sites for hydroxylation is 1. The average molecular weight is 373 g/mol. The zero-order valence-corrected chi connectivity index (χ0v) is 14.5. The van der Waals surface area contributed by atoms with Crippen molar-refractivity contribution in [1.29, 1.82) is 0 Å². The smallest absolute Gasteiger partial charge is 0.263 e. The number of hydrogen-bond donors (Lipinski definition) is 2. The molecule has 0 saturated carbocycles. The van der Waals surface area contributed by atoms with E-state index in [-0.39, 0.29) is 16.6 Å². The summed E-state index contributed by atoms with van der Waals surface area (Å²) in [6.07, 6.45) is 4.35. The van der Waals surface area contributed by atoms with Crippen LogP contribution in [0.5, 0.6) is 0 Å². The first-order chi connectivity index (χ1) is 12.4. The lowest BCUT2D eigenvalue weighted by atomic mass is 10.3. The van der Waals surface area contributed by atoms with Gasteiger partial charge in [-0.05, 0) is 49.4 Å². The van der Waals surface area contributed by atoms with Crippen molar-refractivity contribution in [3.8, 4) is 0 Å². The van der Waals surface area contributed by atoms with Gasteiger partial charge >= 0.3 is 0 Å². The van der Waals surface area contributed by atoms with Gasteiger partial charge in [-0.15, -0.1) is 0 Å². The topological polar surface area (TPSA) is 114 Å². The molecular formula is C17H15N3O5S. The van der Waals surface area contributed by atoms with Gasteiger partial charge in [-0.25, -0.2) is 8.42 Å². The molecular weight excluding hydrogens is 358 g/mol. The molecule has 0 aliphatic rings. The number of anilines is 2. The fraction of sp³-hybridized carbons (Fsp3) is 0.0588. The van der Waals surface area contributed by atoms with E-state index in [1.54, 1.807) is 19.1 Å². The highest BCUT2D eigenvalue weighted by atomic mass is 32.2. The van der Waals surface area contributed by atoms with Crippen molar-refractivity contribution in [2.45, 2.75) is 11.8 Å². The van der Waals surface area contributed by atoms with Crippen LogP contribution in [0.3, 0.4) is 0 Å². The number of hydrogen-bond acceptors (Lipinski definition) is 6. The standard InChI is InChI=1S/C17H15N3O5S/c1-12-11-16(19-25-12)20-26(22,23)15-7-4-13(5-8-15)18-17(21)9-6-14-3-2-10-24-14/h2-11H,1H3,(H,18,21)(H,19,20)/b9-6+. The number of benzene rings is 1. The van der Waals surface area contributed by atoms with E-state index in [2.05, 4.69) is 15.2 Å². The molecule has 134 valence electrons. The maximum atomic E-state index is 12.3. The maximum Gasteiger partial charge on any atom is 0.263 e. The monoisotopic (exact) mass is 373 g/mol.